The molecule has 1 aromatic carbocycles. The Bertz CT molecular complexity index is 390. The van der Waals surface area contributed by atoms with E-state index in [-0.39, 0.29) is 12.2 Å². The highest BCUT2D eigenvalue weighted by Gasteiger charge is 2.14. The van der Waals surface area contributed by atoms with E-state index in [0.717, 1.165) is 0 Å². The molecule has 0 saturated carbocycles. The van der Waals surface area contributed by atoms with Crippen molar-refractivity contribution in [2.45, 2.75) is 19.4 Å². The van der Waals surface area contributed by atoms with Crippen LogP contribution in [0.25, 0.3) is 0 Å². The van der Waals surface area contributed by atoms with Crippen molar-refractivity contribution in [3.8, 4) is 0 Å². The Morgan fingerprint density at radius 1 is 1.33 bits per heavy atom. The van der Waals surface area contributed by atoms with Gasteiger partial charge in [0.25, 0.3) is 0 Å². The van der Waals surface area contributed by atoms with Crippen molar-refractivity contribution in [3.63, 3.8) is 0 Å². The summed E-state index contributed by atoms with van der Waals surface area (Å²) in [7, 11) is 5.66. The molecule has 0 aliphatic carbocycles. The molecule has 1 unspecified atom stereocenters. The fourth-order valence-electron chi connectivity index (χ4n) is 1.42. The van der Waals surface area contributed by atoms with Crippen LogP contribution in [-0.2, 0) is 9.59 Å². The van der Waals surface area contributed by atoms with Crippen LogP contribution in [0.1, 0.15) is 12.0 Å². The first-order valence-electron chi connectivity index (χ1n) is 6.36. The standard InChI is InChI=1S/C7H15NO3.C7H8.CHClO/c1-8(2,3)5-6(9)4-7(10)11;1-7-5-3-2-4-6-7;2-1-3/h6,9H,4-5H2,1-3H3;2-6H,1H3;1H. The third-order valence-corrected chi connectivity index (χ3v) is 2.10. The highest BCUT2D eigenvalue weighted by atomic mass is 35.5. The maximum Gasteiger partial charge on any atom is 0.208 e. The monoisotopic (exact) mass is 317 g/mol. The van der Waals surface area contributed by atoms with Crippen LogP contribution < -0.4 is 5.11 Å². The van der Waals surface area contributed by atoms with Crippen LogP contribution in [0.5, 0.6) is 0 Å². The third-order valence-electron chi connectivity index (χ3n) is 2.10. The van der Waals surface area contributed by atoms with E-state index in [1.807, 2.05) is 39.3 Å². The largest absolute Gasteiger partial charge is 0.550 e. The molecule has 1 atom stereocenters. The van der Waals surface area contributed by atoms with Gasteiger partial charge in [-0.25, -0.2) is 0 Å². The minimum atomic E-state index is -1.20. The summed E-state index contributed by atoms with van der Waals surface area (Å²) in [4.78, 5) is 18.6. The molecular weight excluding hydrogens is 294 g/mol. The van der Waals surface area contributed by atoms with Crippen molar-refractivity contribution in [2.24, 2.45) is 0 Å². The Morgan fingerprint density at radius 3 is 2.00 bits per heavy atom. The van der Waals surface area contributed by atoms with E-state index in [9.17, 15) is 9.90 Å². The molecule has 120 valence electrons. The number of carbonyl (C=O) groups excluding carboxylic acids is 2. The van der Waals surface area contributed by atoms with E-state index in [2.05, 4.69) is 30.7 Å². The number of hydrogen-bond donors (Lipinski definition) is 1. The number of aliphatic carboxylic acids is 1. The van der Waals surface area contributed by atoms with Gasteiger partial charge in [0, 0.05) is 12.4 Å². The van der Waals surface area contributed by atoms with Gasteiger partial charge in [0.1, 0.15) is 12.6 Å². The minimum Gasteiger partial charge on any atom is -0.550 e. The number of aliphatic hydroxyl groups is 1. The number of benzene rings is 1. The van der Waals surface area contributed by atoms with E-state index in [0.29, 0.717) is 11.0 Å². The number of carboxylic acid groups (broad SMARTS) is 1. The second-order valence-electron chi connectivity index (χ2n) is 5.45. The molecule has 6 heteroatoms. The molecule has 0 saturated heterocycles. The van der Waals surface area contributed by atoms with E-state index in [1.165, 1.54) is 5.56 Å². The van der Waals surface area contributed by atoms with Gasteiger partial charge in [0.2, 0.25) is 5.75 Å². The predicted molar refractivity (Wildman–Crippen MR) is 82.3 cm³/mol. The van der Waals surface area contributed by atoms with E-state index >= 15 is 0 Å². The number of hydrogen-bond acceptors (Lipinski definition) is 4. The van der Waals surface area contributed by atoms with Crippen LogP contribution in [-0.4, -0.2) is 55.1 Å². The molecule has 0 heterocycles. The average Bonchev–Trinajstić information content (AvgIpc) is 2.27. The lowest BCUT2D eigenvalue weighted by atomic mass is 10.2. The van der Waals surface area contributed by atoms with E-state index in [1.54, 1.807) is 0 Å². The predicted octanol–water partition coefficient (Wildman–Crippen LogP) is 0.604. The lowest BCUT2D eigenvalue weighted by Crippen LogP contribution is -2.43. The zero-order chi connectivity index (χ0) is 16.9. The first kappa shape index (κ1) is 21.9. The molecule has 0 aliphatic heterocycles. The van der Waals surface area contributed by atoms with Gasteiger partial charge in [-0.2, -0.15) is 0 Å². The third kappa shape index (κ3) is 21.0. The van der Waals surface area contributed by atoms with E-state index < -0.39 is 12.1 Å². The summed E-state index contributed by atoms with van der Waals surface area (Å²) < 4.78 is 0.550. The smallest absolute Gasteiger partial charge is 0.208 e. The zero-order valence-corrected chi connectivity index (χ0v) is 13.7. The summed E-state index contributed by atoms with van der Waals surface area (Å²) in [6.07, 6.45) is -1.09. The number of likely N-dealkylation sites (N-methyl/N-ethyl adjacent to an activating group) is 1. The maximum absolute atomic E-state index is 10.0. The SMILES string of the molecule is C[N+](C)(C)CC(O)CC(=O)[O-].Cc1ccccc1.O=CCl. The maximum atomic E-state index is 10.0. The lowest BCUT2D eigenvalue weighted by Gasteiger charge is -2.26. The van der Waals surface area contributed by atoms with Crippen molar-refractivity contribution < 1.29 is 24.3 Å². The van der Waals surface area contributed by atoms with Gasteiger partial charge in [0.15, 0.2) is 0 Å². The quantitative estimate of drug-likeness (QED) is 0.501. The highest BCUT2D eigenvalue weighted by Crippen LogP contribution is 1.97. The summed E-state index contributed by atoms with van der Waals surface area (Å²) in [6.45, 7) is 2.51. The highest BCUT2D eigenvalue weighted by molar-refractivity contribution is 6.54. The van der Waals surface area contributed by atoms with Crippen LogP contribution in [0.15, 0.2) is 30.3 Å². The second kappa shape index (κ2) is 12.3. The van der Waals surface area contributed by atoms with Crippen LogP contribution in [0.3, 0.4) is 0 Å². The fourth-order valence-corrected chi connectivity index (χ4v) is 1.42. The van der Waals surface area contributed by atoms with Crippen molar-refractivity contribution >= 4 is 23.3 Å². The van der Waals surface area contributed by atoms with Gasteiger partial charge in [-0.15, -0.1) is 0 Å². The van der Waals surface area contributed by atoms with Crippen molar-refractivity contribution in [1.82, 2.24) is 0 Å². The van der Waals surface area contributed by atoms with Crippen molar-refractivity contribution in [3.05, 3.63) is 35.9 Å². The summed E-state index contributed by atoms with van der Waals surface area (Å²) in [5, 5.41) is 19.1. The van der Waals surface area contributed by atoms with Gasteiger partial charge < -0.3 is 19.5 Å². The minimum absolute atomic E-state index is 0.222. The molecule has 1 aromatic rings. The summed E-state index contributed by atoms with van der Waals surface area (Å²) in [5.74, 6) is -0.981. The van der Waals surface area contributed by atoms with Crippen molar-refractivity contribution in [1.29, 1.82) is 0 Å². The molecule has 0 amide bonds. The number of quaternary nitrogens is 1. The first-order valence-corrected chi connectivity index (χ1v) is 6.80. The topological polar surface area (TPSA) is 77.4 Å². The van der Waals surface area contributed by atoms with E-state index in [4.69, 9.17) is 9.90 Å². The molecule has 1 rings (SSSR count). The second-order valence-corrected chi connectivity index (χ2v) is 5.62. The molecule has 0 fully saturated rings. The molecule has 0 bridgehead atoms. The van der Waals surface area contributed by atoms with Crippen LogP contribution >= 0.6 is 11.6 Å². The Kier molecular flexibility index (Phi) is 12.8. The number of nitrogens with zero attached hydrogens (tertiary/aromatic N) is 1. The summed E-state index contributed by atoms with van der Waals surface area (Å²) >= 11 is 4.32. The lowest BCUT2D eigenvalue weighted by molar-refractivity contribution is -0.873. The average molecular weight is 318 g/mol. The number of aliphatic hydroxyl groups excluding tert-OH is 1. The van der Waals surface area contributed by atoms with Crippen LogP contribution in [0, 0.1) is 6.92 Å². The molecule has 0 spiro atoms. The van der Waals surface area contributed by atoms with Gasteiger partial charge in [0.05, 0.1) is 21.1 Å². The van der Waals surface area contributed by atoms with Gasteiger partial charge in [-0.05, 0) is 18.5 Å². The summed E-state index contributed by atoms with van der Waals surface area (Å²) in [6, 6.07) is 10.3. The first-order chi connectivity index (χ1) is 9.62. The molecule has 0 radical (unpaired) electrons. The van der Waals surface area contributed by atoms with Gasteiger partial charge in [-0.3, -0.25) is 4.79 Å². The number of halogens is 1. The van der Waals surface area contributed by atoms with Crippen molar-refractivity contribution in [2.75, 3.05) is 27.7 Å². The Hall–Kier alpha value is -1.43. The van der Waals surface area contributed by atoms with Gasteiger partial charge in [-0.1, -0.05) is 35.9 Å². The Labute approximate surface area is 131 Å². The normalized spacial score (nSPS) is 11.1. The Balaban J connectivity index is 0. The number of carbonyl (C=O) groups is 2. The Morgan fingerprint density at radius 2 is 1.76 bits per heavy atom. The fraction of sp³-hybridized carbons (Fsp3) is 0.467. The number of rotatable bonds is 4. The molecule has 0 aromatic heterocycles. The molecule has 1 N–H and O–H groups in total. The zero-order valence-electron chi connectivity index (χ0n) is 13.0. The summed E-state index contributed by atoms with van der Waals surface area (Å²) in [5.41, 5.74) is 1.32. The van der Waals surface area contributed by atoms with Crippen LogP contribution in [0.2, 0.25) is 0 Å². The molecular formula is C15H24ClNO4. The number of aryl methyl sites for hydroxylation is 1. The number of carboxylic acids is 1. The molecule has 21 heavy (non-hydrogen) atoms. The van der Waals surface area contributed by atoms with Gasteiger partial charge >= 0.3 is 0 Å². The molecule has 5 nitrogen and oxygen atoms in total. The molecule has 0 aliphatic rings. The van der Waals surface area contributed by atoms with Crippen LogP contribution in [0.4, 0.5) is 0 Å².